The number of hydrogen-bond acceptors (Lipinski definition) is 4. The normalized spacial score (nSPS) is 9.92. The highest BCUT2D eigenvalue weighted by Gasteiger charge is 2.11. The molecular weight excluding hydrogens is 354 g/mol. The van der Waals surface area contributed by atoms with Crippen LogP contribution < -0.4 is 15.4 Å². The van der Waals surface area contributed by atoms with Gasteiger partial charge in [-0.15, -0.1) is 12.4 Å². The molecule has 2 N–H and O–H groups in total. The number of halogens is 1. The number of ether oxygens (including phenoxy) is 1. The highest BCUT2D eigenvalue weighted by atomic mass is 35.5. The first-order valence-corrected chi connectivity index (χ1v) is 7.69. The Kier molecular flexibility index (Phi) is 6.14. The summed E-state index contributed by atoms with van der Waals surface area (Å²) in [7, 11) is 1.50. The number of urea groups is 1. The number of pyridine rings is 1. The third-order valence-electron chi connectivity index (χ3n) is 3.73. The fourth-order valence-electron chi connectivity index (χ4n) is 2.55. The Hall–Kier alpha value is -3.12. The third kappa shape index (κ3) is 4.10. The third-order valence-corrected chi connectivity index (χ3v) is 3.73. The molecule has 0 radical (unpaired) electrons. The molecule has 0 atom stereocenters. The van der Waals surface area contributed by atoms with Crippen molar-refractivity contribution in [2.24, 2.45) is 0 Å². The maximum atomic E-state index is 12.3. The van der Waals surface area contributed by atoms with Crippen LogP contribution in [0, 0.1) is 0 Å². The molecule has 3 aromatic rings. The largest absolute Gasteiger partial charge is 0.496 e. The van der Waals surface area contributed by atoms with Gasteiger partial charge in [0, 0.05) is 17.3 Å². The molecule has 0 saturated heterocycles. The van der Waals surface area contributed by atoms with Crippen LogP contribution in [0.15, 0.2) is 54.7 Å². The molecule has 0 spiro atoms. The second kappa shape index (κ2) is 8.31. The number of amides is 2. The molecule has 0 unspecified atom stereocenters. The van der Waals surface area contributed by atoms with E-state index in [-0.39, 0.29) is 18.2 Å². The number of hydrogen-bond donors (Lipinski definition) is 2. The van der Waals surface area contributed by atoms with Gasteiger partial charge < -0.3 is 15.4 Å². The van der Waals surface area contributed by atoms with Gasteiger partial charge in [-0.3, -0.25) is 9.78 Å². The molecule has 1 aromatic heterocycles. The maximum Gasteiger partial charge on any atom is 0.323 e. The predicted octanol–water partition coefficient (Wildman–Crippen LogP) is 4.51. The number of anilines is 2. The summed E-state index contributed by atoms with van der Waals surface area (Å²) in [4.78, 5) is 28.2. The van der Waals surface area contributed by atoms with E-state index in [1.165, 1.54) is 14.0 Å². The van der Waals surface area contributed by atoms with Crippen molar-refractivity contribution in [1.29, 1.82) is 0 Å². The van der Waals surface area contributed by atoms with Crippen LogP contribution in [-0.4, -0.2) is 23.9 Å². The lowest BCUT2D eigenvalue weighted by Gasteiger charge is -2.12. The van der Waals surface area contributed by atoms with Crippen molar-refractivity contribution in [2.75, 3.05) is 17.7 Å². The minimum absolute atomic E-state index is 0. The number of methoxy groups -OCH3 is 1. The molecule has 0 aliphatic heterocycles. The molecule has 7 heteroatoms. The van der Waals surface area contributed by atoms with E-state index in [9.17, 15) is 9.59 Å². The summed E-state index contributed by atoms with van der Waals surface area (Å²) in [6.45, 7) is 1.45. The van der Waals surface area contributed by atoms with E-state index < -0.39 is 6.03 Å². The number of Topliss-reactive ketones (excluding diaryl/α,β-unsaturated/α-hetero) is 1. The number of carbonyl (C=O) groups excluding carboxylic acids is 2. The Morgan fingerprint density at radius 3 is 2.54 bits per heavy atom. The second-order valence-corrected chi connectivity index (χ2v) is 5.43. The molecule has 0 saturated carbocycles. The number of fused-ring (bicyclic) bond motifs is 1. The second-order valence-electron chi connectivity index (χ2n) is 5.43. The molecule has 134 valence electrons. The minimum atomic E-state index is -0.406. The predicted molar refractivity (Wildman–Crippen MR) is 105 cm³/mol. The Bertz CT molecular complexity index is 954. The zero-order chi connectivity index (χ0) is 17.8. The number of para-hydroxylation sites is 1. The van der Waals surface area contributed by atoms with Gasteiger partial charge in [0.1, 0.15) is 5.75 Å². The van der Waals surface area contributed by atoms with E-state index in [4.69, 9.17) is 4.74 Å². The Balaban J connectivity index is 0.00000243. The van der Waals surface area contributed by atoms with Gasteiger partial charge >= 0.3 is 6.03 Å². The highest BCUT2D eigenvalue weighted by molar-refractivity contribution is 6.06. The monoisotopic (exact) mass is 371 g/mol. The fraction of sp³-hybridized carbons (Fsp3) is 0.105. The van der Waals surface area contributed by atoms with Crippen LogP contribution in [-0.2, 0) is 0 Å². The van der Waals surface area contributed by atoms with Gasteiger partial charge in [0.2, 0.25) is 0 Å². The number of nitrogens with zero attached hydrogens (tertiary/aromatic N) is 1. The van der Waals surface area contributed by atoms with E-state index in [0.29, 0.717) is 22.7 Å². The fourth-order valence-corrected chi connectivity index (χ4v) is 2.55. The van der Waals surface area contributed by atoms with Gasteiger partial charge in [-0.1, -0.05) is 18.2 Å². The first-order chi connectivity index (χ1) is 12.1. The van der Waals surface area contributed by atoms with Crippen molar-refractivity contribution >= 4 is 46.5 Å². The van der Waals surface area contributed by atoms with Gasteiger partial charge in [0.25, 0.3) is 0 Å². The zero-order valence-corrected chi connectivity index (χ0v) is 15.1. The lowest BCUT2D eigenvalue weighted by molar-refractivity contribution is 0.101. The quantitative estimate of drug-likeness (QED) is 0.661. The molecular formula is C19H18ClN3O3. The van der Waals surface area contributed by atoms with E-state index in [0.717, 1.165) is 10.9 Å². The minimum Gasteiger partial charge on any atom is -0.496 e. The van der Waals surface area contributed by atoms with Crippen molar-refractivity contribution in [2.45, 2.75) is 6.92 Å². The van der Waals surface area contributed by atoms with Crippen LogP contribution in [0.4, 0.5) is 16.2 Å². The number of nitrogens with one attached hydrogen (secondary N) is 2. The highest BCUT2D eigenvalue weighted by Crippen LogP contribution is 2.24. The van der Waals surface area contributed by atoms with Crippen LogP contribution in [0.3, 0.4) is 0 Å². The van der Waals surface area contributed by atoms with Crippen molar-refractivity contribution in [3.8, 4) is 5.75 Å². The Labute approximate surface area is 157 Å². The van der Waals surface area contributed by atoms with E-state index in [2.05, 4.69) is 15.6 Å². The summed E-state index contributed by atoms with van der Waals surface area (Å²) in [5.41, 5.74) is 2.36. The Morgan fingerprint density at radius 1 is 1.04 bits per heavy atom. The SMILES string of the molecule is COc1ccc(NC(=O)Nc2ccnc3ccccc23)cc1C(C)=O.Cl. The molecule has 2 amide bonds. The average molecular weight is 372 g/mol. The summed E-state index contributed by atoms with van der Waals surface area (Å²) in [5, 5.41) is 6.37. The molecule has 0 bridgehead atoms. The first kappa shape index (κ1) is 19.2. The summed E-state index contributed by atoms with van der Waals surface area (Å²) in [6, 6.07) is 13.8. The molecule has 6 nitrogen and oxygen atoms in total. The van der Waals surface area contributed by atoms with Crippen molar-refractivity contribution in [3.05, 3.63) is 60.3 Å². The number of carbonyl (C=O) groups is 2. The van der Waals surface area contributed by atoms with Gasteiger partial charge in [-0.2, -0.15) is 0 Å². The molecule has 26 heavy (non-hydrogen) atoms. The topological polar surface area (TPSA) is 80.3 Å². The van der Waals surface area contributed by atoms with Crippen LogP contribution >= 0.6 is 12.4 Å². The molecule has 3 rings (SSSR count). The van der Waals surface area contributed by atoms with Crippen LogP contribution in [0.2, 0.25) is 0 Å². The number of aromatic nitrogens is 1. The lowest BCUT2D eigenvalue weighted by atomic mass is 10.1. The molecule has 0 aliphatic rings. The molecule has 0 aliphatic carbocycles. The lowest BCUT2D eigenvalue weighted by Crippen LogP contribution is -2.19. The molecule has 0 fully saturated rings. The summed E-state index contributed by atoms with van der Waals surface area (Å²) in [6.07, 6.45) is 1.64. The number of ketones is 1. The summed E-state index contributed by atoms with van der Waals surface area (Å²) < 4.78 is 5.15. The smallest absolute Gasteiger partial charge is 0.323 e. The van der Waals surface area contributed by atoms with Gasteiger partial charge in [-0.25, -0.2) is 4.79 Å². The van der Waals surface area contributed by atoms with Gasteiger partial charge in [-0.05, 0) is 37.3 Å². The van der Waals surface area contributed by atoms with Crippen molar-refractivity contribution in [1.82, 2.24) is 4.98 Å². The summed E-state index contributed by atoms with van der Waals surface area (Å²) >= 11 is 0. The van der Waals surface area contributed by atoms with Crippen LogP contribution in [0.25, 0.3) is 10.9 Å². The summed E-state index contributed by atoms with van der Waals surface area (Å²) in [5.74, 6) is 0.333. The Morgan fingerprint density at radius 2 is 1.81 bits per heavy atom. The van der Waals surface area contributed by atoms with Crippen molar-refractivity contribution < 1.29 is 14.3 Å². The van der Waals surface area contributed by atoms with Gasteiger partial charge in [0.15, 0.2) is 5.78 Å². The first-order valence-electron chi connectivity index (χ1n) is 7.69. The van der Waals surface area contributed by atoms with Crippen molar-refractivity contribution in [3.63, 3.8) is 0 Å². The average Bonchev–Trinajstić information content (AvgIpc) is 2.62. The van der Waals surface area contributed by atoms with Gasteiger partial charge in [0.05, 0.1) is 23.9 Å². The van der Waals surface area contributed by atoms with Crippen LogP contribution in [0.1, 0.15) is 17.3 Å². The standard InChI is InChI=1S/C19H17N3O3.ClH/c1-12(23)15-11-13(7-8-18(15)25-2)21-19(24)22-17-9-10-20-16-6-4-3-5-14(16)17;/h3-11H,1-2H3,(H2,20,21,22,24);1H. The number of benzene rings is 2. The molecule has 1 heterocycles. The van der Waals surface area contributed by atoms with E-state index in [1.54, 1.807) is 30.5 Å². The maximum absolute atomic E-state index is 12.3. The van der Waals surface area contributed by atoms with E-state index >= 15 is 0 Å². The number of rotatable bonds is 4. The zero-order valence-electron chi connectivity index (χ0n) is 14.3. The molecule has 2 aromatic carbocycles. The van der Waals surface area contributed by atoms with E-state index in [1.807, 2.05) is 24.3 Å². The van der Waals surface area contributed by atoms with Crippen LogP contribution in [0.5, 0.6) is 5.75 Å².